The van der Waals surface area contributed by atoms with Crippen LogP contribution >= 0.6 is 0 Å². The summed E-state index contributed by atoms with van der Waals surface area (Å²) in [6.07, 6.45) is 1.02. The SMILES string of the molecule is CCc1ccc(F)cc1[C@@H](N)CC#N. The van der Waals surface area contributed by atoms with Crippen molar-refractivity contribution in [3.8, 4) is 6.07 Å². The first-order chi connectivity index (χ1) is 6.69. The largest absolute Gasteiger partial charge is 0.323 e. The molecule has 0 saturated carbocycles. The lowest BCUT2D eigenvalue weighted by molar-refractivity contribution is 0.618. The Morgan fingerprint density at radius 3 is 2.86 bits per heavy atom. The van der Waals surface area contributed by atoms with Crippen LogP contribution in [0.5, 0.6) is 0 Å². The van der Waals surface area contributed by atoms with Crippen LogP contribution in [0.4, 0.5) is 4.39 Å². The van der Waals surface area contributed by atoms with E-state index in [0.717, 1.165) is 17.5 Å². The van der Waals surface area contributed by atoms with Gasteiger partial charge >= 0.3 is 0 Å². The molecule has 14 heavy (non-hydrogen) atoms. The first kappa shape index (κ1) is 10.7. The molecule has 0 aromatic heterocycles. The van der Waals surface area contributed by atoms with Crippen molar-refractivity contribution in [1.82, 2.24) is 0 Å². The molecule has 0 spiro atoms. The number of aryl methyl sites for hydroxylation is 1. The molecular formula is C11H13FN2. The van der Waals surface area contributed by atoms with E-state index < -0.39 is 0 Å². The molecule has 2 N–H and O–H groups in total. The average Bonchev–Trinajstić information content (AvgIpc) is 2.18. The van der Waals surface area contributed by atoms with Crippen molar-refractivity contribution in [2.75, 3.05) is 0 Å². The molecule has 0 heterocycles. The van der Waals surface area contributed by atoms with Crippen molar-refractivity contribution < 1.29 is 4.39 Å². The highest BCUT2D eigenvalue weighted by molar-refractivity contribution is 5.31. The van der Waals surface area contributed by atoms with Crippen LogP contribution in [-0.4, -0.2) is 0 Å². The van der Waals surface area contributed by atoms with E-state index >= 15 is 0 Å². The first-order valence-corrected chi connectivity index (χ1v) is 4.60. The van der Waals surface area contributed by atoms with E-state index in [4.69, 9.17) is 11.0 Å². The standard InChI is InChI=1S/C11H13FN2/c1-2-8-3-4-9(12)7-10(8)11(14)5-6-13/h3-4,7,11H,2,5,14H2,1H3/t11-/m0/s1. The van der Waals surface area contributed by atoms with Gasteiger partial charge in [0.05, 0.1) is 12.5 Å². The zero-order chi connectivity index (χ0) is 10.6. The second-order valence-electron chi connectivity index (χ2n) is 3.17. The molecule has 1 atom stereocenters. The number of nitrogens with zero attached hydrogens (tertiary/aromatic N) is 1. The van der Waals surface area contributed by atoms with E-state index in [9.17, 15) is 4.39 Å². The molecule has 1 aromatic rings. The molecule has 0 fully saturated rings. The molecule has 0 unspecified atom stereocenters. The van der Waals surface area contributed by atoms with Crippen molar-refractivity contribution in [1.29, 1.82) is 5.26 Å². The maximum Gasteiger partial charge on any atom is 0.123 e. The Morgan fingerprint density at radius 2 is 2.29 bits per heavy atom. The minimum Gasteiger partial charge on any atom is -0.323 e. The first-order valence-electron chi connectivity index (χ1n) is 4.60. The normalized spacial score (nSPS) is 12.1. The van der Waals surface area contributed by atoms with Crippen LogP contribution in [-0.2, 0) is 6.42 Å². The van der Waals surface area contributed by atoms with Gasteiger partial charge in [0.2, 0.25) is 0 Å². The number of halogens is 1. The molecule has 0 bridgehead atoms. The summed E-state index contributed by atoms with van der Waals surface area (Å²) in [5.74, 6) is -0.300. The van der Waals surface area contributed by atoms with Crippen LogP contribution in [0.3, 0.4) is 0 Å². The maximum atomic E-state index is 12.9. The summed E-state index contributed by atoms with van der Waals surface area (Å²) in [7, 11) is 0. The number of benzene rings is 1. The summed E-state index contributed by atoms with van der Waals surface area (Å²) in [5, 5.41) is 8.51. The van der Waals surface area contributed by atoms with E-state index in [1.54, 1.807) is 6.07 Å². The van der Waals surface area contributed by atoms with Crippen molar-refractivity contribution in [3.05, 3.63) is 35.1 Å². The summed E-state index contributed by atoms with van der Waals surface area (Å²) in [4.78, 5) is 0. The summed E-state index contributed by atoms with van der Waals surface area (Å²) in [6.45, 7) is 1.98. The Hall–Kier alpha value is -1.40. The zero-order valence-corrected chi connectivity index (χ0v) is 8.13. The Labute approximate surface area is 83.2 Å². The summed E-state index contributed by atoms with van der Waals surface area (Å²) < 4.78 is 12.9. The highest BCUT2D eigenvalue weighted by atomic mass is 19.1. The van der Waals surface area contributed by atoms with E-state index in [1.165, 1.54) is 12.1 Å². The topological polar surface area (TPSA) is 49.8 Å². The molecule has 0 aliphatic rings. The number of rotatable bonds is 3. The fourth-order valence-electron chi connectivity index (χ4n) is 1.44. The second-order valence-corrected chi connectivity index (χ2v) is 3.17. The number of hydrogen-bond donors (Lipinski definition) is 1. The predicted molar refractivity (Wildman–Crippen MR) is 52.9 cm³/mol. The molecule has 3 heteroatoms. The molecule has 0 aliphatic heterocycles. The van der Waals surface area contributed by atoms with Crippen LogP contribution in [0, 0.1) is 17.1 Å². The van der Waals surface area contributed by atoms with Gasteiger partial charge in [0.15, 0.2) is 0 Å². The van der Waals surface area contributed by atoms with Gasteiger partial charge in [-0.05, 0) is 29.7 Å². The van der Waals surface area contributed by atoms with E-state index in [-0.39, 0.29) is 18.3 Å². The predicted octanol–water partition coefficient (Wildman–Crippen LogP) is 2.30. The second kappa shape index (κ2) is 4.73. The van der Waals surface area contributed by atoms with Crippen LogP contribution < -0.4 is 5.73 Å². The molecular weight excluding hydrogens is 179 g/mol. The molecule has 1 rings (SSSR count). The fourth-order valence-corrected chi connectivity index (χ4v) is 1.44. The van der Waals surface area contributed by atoms with Gasteiger partial charge in [0.25, 0.3) is 0 Å². The number of hydrogen-bond acceptors (Lipinski definition) is 2. The van der Waals surface area contributed by atoms with E-state index in [0.29, 0.717) is 0 Å². The highest BCUT2D eigenvalue weighted by Gasteiger charge is 2.10. The third-order valence-corrected chi connectivity index (χ3v) is 2.20. The fraction of sp³-hybridized carbons (Fsp3) is 0.364. The van der Waals surface area contributed by atoms with Gasteiger partial charge in [-0.3, -0.25) is 0 Å². The van der Waals surface area contributed by atoms with Crippen LogP contribution in [0.15, 0.2) is 18.2 Å². The van der Waals surface area contributed by atoms with Gasteiger partial charge in [-0.2, -0.15) is 5.26 Å². The van der Waals surface area contributed by atoms with Crippen molar-refractivity contribution in [2.45, 2.75) is 25.8 Å². The molecule has 0 aliphatic carbocycles. The van der Waals surface area contributed by atoms with Gasteiger partial charge in [0, 0.05) is 6.04 Å². The highest BCUT2D eigenvalue weighted by Crippen LogP contribution is 2.20. The van der Waals surface area contributed by atoms with Gasteiger partial charge in [-0.15, -0.1) is 0 Å². The van der Waals surface area contributed by atoms with Gasteiger partial charge in [-0.25, -0.2) is 4.39 Å². The van der Waals surface area contributed by atoms with Crippen molar-refractivity contribution >= 4 is 0 Å². The minimum absolute atomic E-state index is 0.219. The van der Waals surface area contributed by atoms with Gasteiger partial charge < -0.3 is 5.73 Å². The van der Waals surface area contributed by atoms with Crippen LogP contribution in [0.1, 0.15) is 30.5 Å². The maximum absolute atomic E-state index is 12.9. The lowest BCUT2D eigenvalue weighted by Gasteiger charge is -2.12. The monoisotopic (exact) mass is 192 g/mol. The van der Waals surface area contributed by atoms with Crippen LogP contribution in [0.25, 0.3) is 0 Å². The lowest BCUT2D eigenvalue weighted by Crippen LogP contribution is -2.12. The Bertz CT molecular complexity index is 355. The Morgan fingerprint density at radius 1 is 1.57 bits per heavy atom. The lowest BCUT2D eigenvalue weighted by atomic mass is 9.97. The molecule has 0 radical (unpaired) electrons. The summed E-state index contributed by atoms with van der Waals surface area (Å²) >= 11 is 0. The average molecular weight is 192 g/mol. The zero-order valence-electron chi connectivity index (χ0n) is 8.13. The minimum atomic E-state index is -0.384. The van der Waals surface area contributed by atoms with E-state index in [1.807, 2.05) is 13.0 Å². The molecule has 2 nitrogen and oxygen atoms in total. The Kier molecular flexibility index (Phi) is 3.61. The van der Waals surface area contributed by atoms with Crippen LogP contribution in [0.2, 0.25) is 0 Å². The molecule has 1 aromatic carbocycles. The van der Waals surface area contributed by atoms with Gasteiger partial charge in [-0.1, -0.05) is 13.0 Å². The summed E-state index contributed by atoms with van der Waals surface area (Å²) in [5.41, 5.74) is 7.51. The van der Waals surface area contributed by atoms with Crippen molar-refractivity contribution in [2.24, 2.45) is 5.73 Å². The molecule has 0 amide bonds. The molecule has 74 valence electrons. The van der Waals surface area contributed by atoms with E-state index in [2.05, 4.69) is 0 Å². The molecule has 0 saturated heterocycles. The summed E-state index contributed by atoms with van der Waals surface area (Å²) in [6, 6.07) is 6.17. The number of nitrogens with two attached hydrogens (primary N) is 1. The van der Waals surface area contributed by atoms with Gasteiger partial charge in [0.1, 0.15) is 5.82 Å². The Balaban J connectivity index is 3.04. The third kappa shape index (κ3) is 2.30. The quantitative estimate of drug-likeness (QED) is 0.798. The smallest absolute Gasteiger partial charge is 0.123 e. The van der Waals surface area contributed by atoms with Crippen molar-refractivity contribution in [3.63, 3.8) is 0 Å². The number of nitriles is 1. The third-order valence-electron chi connectivity index (χ3n) is 2.20.